The average Bonchev–Trinajstić information content (AvgIpc) is 2.37. The highest BCUT2D eigenvalue weighted by atomic mass is 32.2. The maximum Gasteiger partial charge on any atom is 0.309 e. The number of carbonyl (C=O) groups is 1. The van der Waals surface area contributed by atoms with E-state index >= 15 is 0 Å². The number of thioether (sulfide) groups is 1. The molecule has 0 aliphatic rings. The fraction of sp³-hybridized carbons (Fsp3) is 0.533. The van der Waals surface area contributed by atoms with Crippen molar-refractivity contribution in [3.63, 3.8) is 0 Å². The molecule has 3 heteroatoms. The molecular weight excluding hydrogens is 244 g/mol. The summed E-state index contributed by atoms with van der Waals surface area (Å²) in [6.45, 7) is 6.72. The van der Waals surface area contributed by atoms with Crippen molar-refractivity contribution in [3.05, 3.63) is 35.4 Å². The molecule has 0 N–H and O–H groups in total. The van der Waals surface area contributed by atoms with Gasteiger partial charge < -0.3 is 4.74 Å². The SMILES string of the molecule is COC(=O)Cc1ccccc1CSC(C)C(C)C. The van der Waals surface area contributed by atoms with E-state index in [1.54, 1.807) is 0 Å². The molecule has 0 saturated heterocycles. The van der Waals surface area contributed by atoms with Crippen LogP contribution in [0.25, 0.3) is 0 Å². The molecular formula is C15H22O2S. The van der Waals surface area contributed by atoms with Crippen LogP contribution < -0.4 is 0 Å². The van der Waals surface area contributed by atoms with Gasteiger partial charge in [-0.15, -0.1) is 0 Å². The Morgan fingerprint density at radius 1 is 1.22 bits per heavy atom. The number of methoxy groups -OCH3 is 1. The standard InChI is InChI=1S/C15H22O2S/c1-11(2)12(3)18-10-14-8-6-5-7-13(14)9-15(16)17-4/h5-8,11-12H,9-10H2,1-4H3. The van der Waals surface area contributed by atoms with Crippen LogP contribution in [0.3, 0.4) is 0 Å². The van der Waals surface area contributed by atoms with E-state index in [1.807, 2.05) is 30.0 Å². The first-order chi connectivity index (χ1) is 8.54. The molecule has 0 aromatic heterocycles. The molecule has 1 rings (SSSR count). The summed E-state index contributed by atoms with van der Waals surface area (Å²) in [6.07, 6.45) is 0.364. The summed E-state index contributed by atoms with van der Waals surface area (Å²) in [5.74, 6) is 1.44. The van der Waals surface area contributed by atoms with Crippen molar-refractivity contribution in [3.8, 4) is 0 Å². The molecule has 0 radical (unpaired) electrons. The van der Waals surface area contributed by atoms with E-state index in [4.69, 9.17) is 4.74 Å². The molecule has 100 valence electrons. The molecule has 0 spiro atoms. The Labute approximate surface area is 114 Å². The van der Waals surface area contributed by atoms with E-state index < -0.39 is 0 Å². The fourth-order valence-electron chi connectivity index (χ4n) is 1.51. The van der Waals surface area contributed by atoms with Gasteiger partial charge in [-0.2, -0.15) is 11.8 Å². The molecule has 0 aliphatic carbocycles. The van der Waals surface area contributed by atoms with Crippen molar-refractivity contribution in [2.24, 2.45) is 5.92 Å². The third kappa shape index (κ3) is 4.73. The van der Waals surface area contributed by atoms with Crippen molar-refractivity contribution in [2.75, 3.05) is 7.11 Å². The molecule has 18 heavy (non-hydrogen) atoms. The third-order valence-electron chi connectivity index (χ3n) is 3.12. The molecule has 1 unspecified atom stereocenters. The van der Waals surface area contributed by atoms with Gasteiger partial charge >= 0.3 is 5.97 Å². The van der Waals surface area contributed by atoms with E-state index in [0.29, 0.717) is 17.6 Å². The Kier molecular flexibility index (Phi) is 6.27. The van der Waals surface area contributed by atoms with Gasteiger partial charge in [0.2, 0.25) is 0 Å². The number of ether oxygens (including phenoxy) is 1. The molecule has 0 heterocycles. The van der Waals surface area contributed by atoms with Crippen LogP contribution in [-0.2, 0) is 21.7 Å². The topological polar surface area (TPSA) is 26.3 Å². The summed E-state index contributed by atoms with van der Waals surface area (Å²) in [5, 5.41) is 0.621. The summed E-state index contributed by atoms with van der Waals surface area (Å²) in [4.78, 5) is 11.4. The van der Waals surface area contributed by atoms with Crippen LogP contribution in [0, 0.1) is 5.92 Å². The summed E-state index contributed by atoms with van der Waals surface area (Å²) in [7, 11) is 1.43. The molecule has 0 bridgehead atoms. The highest BCUT2D eigenvalue weighted by Crippen LogP contribution is 2.25. The smallest absolute Gasteiger partial charge is 0.309 e. The van der Waals surface area contributed by atoms with Crippen molar-refractivity contribution in [1.29, 1.82) is 0 Å². The van der Waals surface area contributed by atoms with Crippen molar-refractivity contribution in [1.82, 2.24) is 0 Å². The van der Waals surface area contributed by atoms with Gasteiger partial charge in [0.15, 0.2) is 0 Å². The van der Waals surface area contributed by atoms with Gasteiger partial charge in [-0.05, 0) is 17.0 Å². The zero-order valence-electron chi connectivity index (χ0n) is 11.6. The highest BCUT2D eigenvalue weighted by Gasteiger charge is 2.11. The van der Waals surface area contributed by atoms with Gasteiger partial charge in [-0.25, -0.2) is 0 Å². The molecule has 0 saturated carbocycles. The second-order valence-corrected chi connectivity index (χ2v) is 6.15. The van der Waals surface area contributed by atoms with Gasteiger partial charge in [0.05, 0.1) is 13.5 Å². The lowest BCUT2D eigenvalue weighted by Crippen LogP contribution is -2.08. The van der Waals surface area contributed by atoms with Crippen LogP contribution in [0.5, 0.6) is 0 Å². The van der Waals surface area contributed by atoms with Gasteiger partial charge in [0.1, 0.15) is 0 Å². The van der Waals surface area contributed by atoms with Gasteiger partial charge in [0, 0.05) is 11.0 Å². The molecule has 1 aromatic carbocycles. The predicted octanol–water partition coefficient (Wildman–Crippen LogP) is 3.68. The normalized spacial score (nSPS) is 12.5. The van der Waals surface area contributed by atoms with E-state index in [9.17, 15) is 4.79 Å². The molecule has 1 atom stereocenters. The first-order valence-electron chi connectivity index (χ1n) is 6.29. The number of carbonyl (C=O) groups excluding carboxylic acids is 1. The third-order valence-corrected chi connectivity index (χ3v) is 4.67. The number of benzene rings is 1. The monoisotopic (exact) mass is 266 g/mol. The second-order valence-electron chi connectivity index (χ2n) is 4.78. The van der Waals surface area contributed by atoms with Crippen molar-refractivity contribution >= 4 is 17.7 Å². The summed E-state index contributed by atoms with van der Waals surface area (Å²) >= 11 is 1.93. The van der Waals surface area contributed by atoms with Gasteiger partial charge in [-0.1, -0.05) is 45.0 Å². The first kappa shape index (κ1) is 15.1. The lowest BCUT2D eigenvalue weighted by atomic mass is 10.1. The van der Waals surface area contributed by atoms with Crippen LogP contribution in [0.15, 0.2) is 24.3 Å². The quantitative estimate of drug-likeness (QED) is 0.735. The lowest BCUT2D eigenvalue weighted by Gasteiger charge is -2.16. The van der Waals surface area contributed by atoms with E-state index in [-0.39, 0.29) is 5.97 Å². The number of hydrogen-bond acceptors (Lipinski definition) is 3. The number of esters is 1. The van der Waals surface area contributed by atoms with Crippen molar-refractivity contribution < 1.29 is 9.53 Å². The van der Waals surface area contributed by atoms with E-state index in [1.165, 1.54) is 12.7 Å². The highest BCUT2D eigenvalue weighted by molar-refractivity contribution is 7.99. The second kappa shape index (κ2) is 7.47. The fourth-order valence-corrected chi connectivity index (χ4v) is 2.62. The molecule has 1 aromatic rings. The zero-order valence-corrected chi connectivity index (χ0v) is 12.4. The lowest BCUT2D eigenvalue weighted by molar-refractivity contribution is -0.139. The largest absolute Gasteiger partial charge is 0.469 e. The molecule has 0 amide bonds. The number of rotatable bonds is 6. The number of hydrogen-bond donors (Lipinski definition) is 0. The van der Waals surface area contributed by atoms with Crippen LogP contribution in [0.2, 0.25) is 0 Å². The predicted molar refractivity (Wildman–Crippen MR) is 77.8 cm³/mol. The molecule has 2 nitrogen and oxygen atoms in total. The Morgan fingerprint density at radius 3 is 2.39 bits per heavy atom. The van der Waals surface area contributed by atoms with E-state index in [2.05, 4.69) is 26.8 Å². The minimum atomic E-state index is -0.177. The molecule has 0 aliphatic heterocycles. The van der Waals surface area contributed by atoms with Gasteiger partial charge in [-0.3, -0.25) is 4.79 Å². The van der Waals surface area contributed by atoms with Crippen LogP contribution in [-0.4, -0.2) is 18.3 Å². The Bertz CT molecular complexity index is 388. The maximum absolute atomic E-state index is 11.4. The Balaban J connectivity index is 2.67. The van der Waals surface area contributed by atoms with Crippen LogP contribution in [0.4, 0.5) is 0 Å². The molecule has 0 fully saturated rings. The Morgan fingerprint density at radius 2 is 1.83 bits per heavy atom. The first-order valence-corrected chi connectivity index (χ1v) is 7.34. The van der Waals surface area contributed by atoms with Gasteiger partial charge in [0.25, 0.3) is 0 Å². The van der Waals surface area contributed by atoms with Crippen LogP contribution in [0.1, 0.15) is 31.9 Å². The van der Waals surface area contributed by atoms with Crippen molar-refractivity contribution in [2.45, 2.75) is 38.2 Å². The zero-order chi connectivity index (χ0) is 13.5. The Hall–Kier alpha value is -0.960. The minimum Gasteiger partial charge on any atom is -0.469 e. The average molecular weight is 266 g/mol. The summed E-state index contributed by atoms with van der Waals surface area (Å²) < 4.78 is 4.73. The van der Waals surface area contributed by atoms with Crippen LogP contribution >= 0.6 is 11.8 Å². The maximum atomic E-state index is 11.4. The summed E-state index contributed by atoms with van der Waals surface area (Å²) in [6, 6.07) is 8.10. The van der Waals surface area contributed by atoms with E-state index in [0.717, 1.165) is 11.3 Å². The minimum absolute atomic E-state index is 0.177. The summed E-state index contributed by atoms with van der Waals surface area (Å²) in [5.41, 5.74) is 2.31.